The number of anilines is 1. The van der Waals surface area contributed by atoms with Crippen molar-refractivity contribution in [2.45, 2.75) is 13.1 Å². The van der Waals surface area contributed by atoms with Gasteiger partial charge in [0.15, 0.2) is 0 Å². The number of alkyl halides is 3. The molecular weight excluding hydrogens is 279 g/mol. The molecule has 0 aliphatic carbocycles. The highest BCUT2D eigenvalue weighted by atomic mass is 35.5. The Morgan fingerprint density at radius 2 is 2.11 bits per heavy atom. The van der Waals surface area contributed by atoms with Crippen LogP contribution in [0.1, 0.15) is 12.5 Å². The Morgan fingerprint density at radius 1 is 1.47 bits per heavy atom. The molecule has 0 saturated carbocycles. The molecule has 1 unspecified atom stereocenters. The zero-order chi connectivity index (χ0) is 14.6. The summed E-state index contributed by atoms with van der Waals surface area (Å²) in [5.74, 6) is 0.688. The second-order valence-electron chi connectivity index (χ2n) is 4.57. The maximum absolute atomic E-state index is 12.5. The lowest BCUT2D eigenvalue weighted by Gasteiger charge is -2.23. The number of pyridine rings is 1. The third-order valence-electron chi connectivity index (χ3n) is 2.65. The Bertz CT molecular complexity index is 423. The van der Waals surface area contributed by atoms with Crippen LogP contribution in [0.2, 0.25) is 5.02 Å². The molecule has 7 heteroatoms. The number of halogens is 4. The molecule has 19 heavy (non-hydrogen) atoms. The van der Waals surface area contributed by atoms with Crippen LogP contribution in [0.3, 0.4) is 0 Å². The fourth-order valence-electron chi connectivity index (χ4n) is 1.83. The van der Waals surface area contributed by atoms with E-state index in [1.807, 2.05) is 14.0 Å². The predicted octanol–water partition coefficient (Wildman–Crippen LogP) is 3.05. The highest BCUT2D eigenvalue weighted by molar-refractivity contribution is 6.33. The molecule has 0 radical (unpaired) electrons. The number of rotatable bonds is 5. The van der Waals surface area contributed by atoms with E-state index < -0.39 is 11.7 Å². The summed E-state index contributed by atoms with van der Waals surface area (Å²) in [6.07, 6.45) is -3.62. The fourth-order valence-corrected chi connectivity index (χ4v) is 2.14. The molecule has 0 aliphatic heterocycles. The minimum absolute atomic E-state index is 0.00832. The van der Waals surface area contributed by atoms with E-state index in [1.165, 1.54) is 0 Å². The average Bonchev–Trinajstić information content (AvgIpc) is 2.27. The van der Waals surface area contributed by atoms with E-state index in [0.29, 0.717) is 18.3 Å². The van der Waals surface area contributed by atoms with Crippen molar-refractivity contribution in [1.82, 2.24) is 10.3 Å². The lowest BCUT2D eigenvalue weighted by molar-refractivity contribution is -0.137. The molecule has 0 amide bonds. The van der Waals surface area contributed by atoms with Gasteiger partial charge in [-0.1, -0.05) is 18.5 Å². The molecule has 0 aliphatic rings. The van der Waals surface area contributed by atoms with Crippen molar-refractivity contribution < 1.29 is 13.2 Å². The molecule has 0 fully saturated rings. The third kappa shape index (κ3) is 4.54. The maximum Gasteiger partial charge on any atom is 0.417 e. The largest absolute Gasteiger partial charge is 0.417 e. The van der Waals surface area contributed by atoms with Crippen molar-refractivity contribution in [3.63, 3.8) is 0 Å². The van der Waals surface area contributed by atoms with E-state index in [2.05, 4.69) is 10.3 Å². The molecule has 1 aromatic rings. The summed E-state index contributed by atoms with van der Waals surface area (Å²) in [6.45, 7) is 3.49. The van der Waals surface area contributed by atoms with Gasteiger partial charge in [-0.2, -0.15) is 13.2 Å². The van der Waals surface area contributed by atoms with Gasteiger partial charge in [-0.3, -0.25) is 0 Å². The lowest BCUT2D eigenvalue weighted by atomic mass is 10.1. The smallest absolute Gasteiger partial charge is 0.358 e. The first-order valence-corrected chi connectivity index (χ1v) is 6.22. The Hall–Kier alpha value is -1.01. The normalized spacial score (nSPS) is 13.4. The van der Waals surface area contributed by atoms with Crippen LogP contribution in [0.15, 0.2) is 12.3 Å². The van der Waals surface area contributed by atoms with Crippen molar-refractivity contribution in [1.29, 1.82) is 0 Å². The van der Waals surface area contributed by atoms with E-state index in [4.69, 9.17) is 11.6 Å². The molecule has 3 nitrogen and oxygen atoms in total. The summed E-state index contributed by atoms with van der Waals surface area (Å²) in [7, 11) is 3.60. The van der Waals surface area contributed by atoms with Gasteiger partial charge in [0.1, 0.15) is 5.82 Å². The van der Waals surface area contributed by atoms with Crippen LogP contribution in [0.5, 0.6) is 0 Å². The number of aromatic nitrogens is 1. The first kappa shape index (κ1) is 16.0. The summed E-state index contributed by atoms with van der Waals surface area (Å²) >= 11 is 5.87. The van der Waals surface area contributed by atoms with Crippen LogP contribution < -0.4 is 10.2 Å². The summed E-state index contributed by atoms with van der Waals surface area (Å²) in [6, 6.07) is 0.906. The third-order valence-corrected chi connectivity index (χ3v) is 2.93. The van der Waals surface area contributed by atoms with Gasteiger partial charge in [-0.05, 0) is 25.6 Å². The van der Waals surface area contributed by atoms with Crippen LogP contribution in [0.4, 0.5) is 19.0 Å². The van der Waals surface area contributed by atoms with Gasteiger partial charge in [0.2, 0.25) is 0 Å². The maximum atomic E-state index is 12.5. The Labute approximate surface area is 115 Å². The van der Waals surface area contributed by atoms with Crippen LogP contribution in [-0.2, 0) is 6.18 Å². The lowest BCUT2D eigenvalue weighted by Crippen LogP contribution is -2.30. The number of hydrogen-bond donors (Lipinski definition) is 1. The van der Waals surface area contributed by atoms with Gasteiger partial charge in [0.05, 0.1) is 10.6 Å². The van der Waals surface area contributed by atoms with Crippen LogP contribution in [-0.4, -0.2) is 32.2 Å². The molecule has 1 aromatic heterocycles. The molecule has 0 bridgehead atoms. The van der Waals surface area contributed by atoms with E-state index in [0.717, 1.165) is 18.8 Å². The Morgan fingerprint density at radius 3 is 2.58 bits per heavy atom. The quantitative estimate of drug-likeness (QED) is 0.905. The first-order chi connectivity index (χ1) is 8.75. The van der Waals surface area contributed by atoms with E-state index in [-0.39, 0.29) is 5.02 Å². The molecule has 1 N–H and O–H groups in total. The average molecular weight is 296 g/mol. The second kappa shape index (κ2) is 6.43. The van der Waals surface area contributed by atoms with Gasteiger partial charge in [0.25, 0.3) is 0 Å². The molecule has 0 saturated heterocycles. The van der Waals surface area contributed by atoms with Crippen molar-refractivity contribution in [3.05, 3.63) is 22.8 Å². The highest BCUT2D eigenvalue weighted by Gasteiger charge is 2.31. The zero-order valence-corrected chi connectivity index (χ0v) is 11.8. The highest BCUT2D eigenvalue weighted by Crippen LogP contribution is 2.33. The molecule has 0 spiro atoms. The number of nitrogens with one attached hydrogen (secondary N) is 1. The monoisotopic (exact) mass is 295 g/mol. The summed E-state index contributed by atoms with van der Waals surface area (Å²) < 4.78 is 37.5. The van der Waals surface area contributed by atoms with Gasteiger partial charge >= 0.3 is 6.18 Å². The minimum atomic E-state index is -4.42. The fraction of sp³-hybridized carbons (Fsp3) is 0.583. The van der Waals surface area contributed by atoms with Crippen molar-refractivity contribution >= 4 is 17.4 Å². The molecule has 108 valence electrons. The van der Waals surface area contributed by atoms with Crippen LogP contribution in [0, 0.1) is 5.92 Å². The van der Waals surface area contributed by atoms with E-state index in [9.17, 15) is 13.2 Å². The van der Waals surface area contributed by atoms with Gasteiger partial charge in [-0.25, -0.2) is 4.98 Å². The van der Waals surface area contributed by atoms with E-state index in [1.54, 1.807) is 11.9 Å². The summed E-state index contributed by atoms with van der Waals surface area (Å²) in [4.78, 5) is 5.57. The van der Waals surface area contributed by atoms with E-state index >= 15 is 0 Å². The molecule has 1 rings (SSSR count). The van der Waals surface area contributed by atoms with Crippen molar-refractivity contribution in [2.75, 3.05) is 32.1 Å². The van der Waals surface area contributed by atoms with Gasteiger partial charge < -0.3 is 10.2 Å². The Kier molecular flexibility index (Phi) is 5.43. The topological polar surface area (TPSA) is 28.2 Å². The first-order valence-electron chi connectivity index (χ1n) is 5.84. The van der Waals surface area contributed by atoms with Gasteiger partial charge in [-0.15, -0.1) is 0 Å². The second-order valence-corrected chi connectivity index (χ2v) is 4.98. The SMILES string of the molecule is CNCC(C)CN(C)c1ncc(C(F)(F)F)cc1Cl. The Balaban J connectivity index is 2.84. The van der Waals surface area contributed by atoms with Gasteiger partial charge in [0, 0.05) is 19.8 Å². The standard InChI is InChI=1S/C12H17ClF3N3/c1-8(5-17-2)7-19(3)11-10(13)4-9(6-18-11)12(14,15)16/h4,6,8,17H,5,7H2,1-3H3. The minimum Gasteiger partial charge on any atom is -0.358 e. The number of nitrogens with zero attached hydrogens (tertiary/aromatic N) is 2. The van der Waals surface area contributed by atoms with Crippen molar-refractivity contribution in [3.8, 4) is 0 Å². The number of hydrogen-bond acceptors (Lipinski definition) is 3. The zero-order valence-electron chi connectivity index (χ0n) is 11.1. The van der Waals surface area contributed by atoms with Crippen LogP contribution in [0.25, 0.3) is 0 Å². The van der Waals surface area contributed by atoms with Crippen LogP contribution >= 0.6 is 11.6 Å². The molecular formula is C12H17ClF3N3. The molecule has 0 aromatic carbocycles. The molecule has 1 heterocycles. The van der Waals surface area contributed by atoms with Crippen molar-refractivity contribution in [2.24, 2.45) is 5.92 Å². The molecule has 1 atom stereocenters. The summed E-state index contributed by atoms with van der Waals surface area (Å²) in [5.41, 5.74) is -0.835. The predicted molar refractivity (Wildman–Crippen MR) is 70.6 cm³/mol. The summed E-state index contributed by atoms with van der Waals surface area (Å²) in [5, 5.41) is 3.05.